The number of halogens is 2. The van der Waals surface area contributed by atoms with E-state index in [-0.39, 0.29) is 29.8 Å². The minimum Gasteiger partial charge on any atom is -0.496 e. The first-order valence-electron chi connectivity index (χ1n) is 8.11. The smallest absolute Gasteiger partial charge is 0.191 e. The maximum absolute atomic E-state index is 12.9. The molecule has 0 aliphatic heterocycles. The number of ether oxygens (including phenoxy) is 1. The van der Waals surface area contributed by atoms with Crippen molar-refractivity contribution in [2.75, 3.05) is 20.2 Å². The van der Waals surface area contributed by atoms with Gasteiger partial charge in [0.05, 0.1) is 13.7 Å². The summed E-state index contributed by atoms with van der Waals surface area (Å²) in [6.45, 7) is 4.08. The fraction of sp³-hybridized carbons (Fsp3) is 0.316. The second-order valence-corrected chi connectivity index (χ2v) is 5.31. The van der Waals surface area contributed by atoms with Crippen LogP contribution in [0.4, 0.5) is 4.39 Å². The molecule has 0 spiro atoms. The molecule has 0 heterocycles. The highest BCUT2D eigenvalue weighted by molar-refractivity contribution is 14.0. The number of guanidine groups is 1. The molecule has 2 N–H and O–H groups in total. The van der Waals surface area contributed by atoms with E-state index < -0.39 is 0 Å². The predicted octanol–water partition coefficient (Wildman–Crippen LogP) is 3.75. The summed E-state index contributed by atoms with van der Waals surface area (Å²) in [6, 6.07) is 14.4. The summed E-state index contributed by atoms with van der Waals surface area (Å²) >= 11 is 0. The predicted molar refractivity (Wildman–Crippen MR) is 111 cm³/mol. The molecule has 0 saturated carbocycles. The Morgan fingerprint density at radius 1 is 1.08 bits per heavy atom. The lowest BCUT2D eigenvalue weighted by Crippen LogP contribution is -2.38. The molecule has 0 aliphatic rings. The molecule has 0 saturated heterocycles. The quantitative estimate of drug-likeness (QED) is 0.378. The maximum Gasteiger partial charge on any atom is 0.191 e. The van der Waals surface area contributed by atoms with Crippen molar-refractivity contribution in [2.24, 2.45) is 4.99 Å². The van der Waals surface area contributed by atoms with Gasteiger partial charge in [0, 0.05) is 18.7 Å². The first kappa shape index (κ1) is 21.2. The zero-order chi connectivity index (χ0) is 17.2. The number of para-hydroxylation sites is 1. The average Bonchev–Trinajstić information content (AvgIpc) is 2.61. The SMILES string of the molecule is CCNC(=NCc1ccccc1OC)NCCc1ccc(F)cc1.I. The third-order valence-electron chi connectivity index (χ3n) is 3.56. The molecule has 0 fully saturated rings. The van der Waals surface area contributed by atoms with Crippen molar-refractivity contribution in [1.29, 1.82) is 0 Å². The summed E-state index contributed by atoms with van der Waals surface area (Å²) < 4.78 is 18.3. The van der Waals surface area contributed by atoms with Gasteiger partial charge in [-0.3, -0.25) is 0 Å². The van der Waals surface area contributed by atoms with Crippen LogP contribution in [0.2, 0.25) is 0 Å². The van der Waals surface area contributed by atoms with Gasteiger partial charge in [-0.05, 0) is 37.1 Å². The largest absolute Gasteiger partial charge is 0.496 e. The Hall–Kier alpha value is -1.83. The number of methoxy groups -OCH3 is 1. The Balaban J connectivity index is 0.00000312. The zero-order valence-electron chi connectivity index (χ0n) is 14.6. The molecule has 0 atom stereocenters. The first-order valence-corrected chi connectivity index (χ1v) is 8.11. The van der Waals surface area contributed by atoms with Gasteiger partial charge in [-0.1, -0.05) is 30.3 Å². The summed E-state index contributed by atoms with van der Waals surface area (Å²) in [5.74, 6) is 1.38. The lowest BCUT2D eigenvalue weighted by atomic mass is 10.1. The number of hydrogen-bond acceptors (Lipinski definition) is 2. The summed E-state index contributed by atoms with van der Waals surface area (Å²) in [5.41, 5.74) is 2.13. The van der Waals surface area contributed by atoms with Crippen LogP contribution in [0.3, 0.4) is 0 Å². The molecule has 0 unspecified atom stereocenters. The molecule has 2 aromatic rings. The Morgan fingerprint density at radius 3 is 2.48 bits per heavy atom. The van der Waals surface area contributed by atoms with Gasteiger partial charge in [0.15, 0.2) is 5.96 Å². The molecule has 0 aromatic heterocycles. The van der Waals surface area contributed by atoms with Crippen molar-refractivity contribution < 1.29 is 9.13 Å². The van der Waals surface area contributed by atoms with Gasteiger partial charge in [0.25, 0.3) is 0 Å². The van der Waals surface area contributed by atoms with Crippen molar-refractivity contribution in [2.45, 2.75) is 19.9 Å². The molecule has 0 bridgehead atoms. The molecule has 0 aliphatic carbocycles. The van der Waals surface area contributed by atoms with E-state index in [0.29, 0.717) is 6.54 Å². The minimum atomic E-state index is -0.210. The third kappa shape index (κ3) is 7.29. The highest BCUT2D eigenvalue weighted by atomic mass is 127. The molecule has 25 heavy (non-hydrogen) atoms. The molecule has 4 nitrogen and oxygen atoms in total. The molecule has 136 valence electrons. The third-order valence-corrected chi connectivity index (χ3v) is 3.56. The number of hydrogen-bond donors (Lipinski definition) is 2. The fourth-order valence-electron chi connectivity index (χ4n) is 2.32. The fourth-order valence-corrected chi connectivity index (χ4v) is 2.32. The summed E-state index contributed by atoms with van der Waals surface area (Å²) in [4.78, 5) is 4.59. The Bertz CT molecular complexity index is 662. The summed E-state index contributed by atoms with van der Waals surface area (Å²) in [5, 5.41) is 6.52. The van der Waals surface area contributed by atoms with E-state index in [1.54, 1.807) is 19.2 Å². The molecular formula is C19H25FIN3O. The summed E-state index contributed by atoms with van der Waals surface area (Å²) in [7, 11) is 1.66. The van der Waals surface area contributed by atoms with E-state index in [4.69, 9.17) is 4.74 Å². The Kier molecular flexibility index (Phi) is 9.91. The van der Waals surface area contributed by atoms with E-state index >= 15 is 0 Å². The lowest BCUT2D eigenvalue weighted by Gasteiger charge is -2.12. The molecule has 2 rings (SSSR count). The number of nitrogens with zero attached hydrogens (tertiary/aromatic N) is 1. The van der Waals surface area contributed by atoms with Crippen molar-refractivity contribution in [1.82, 2.24) is 10.6 Å². The van der Waals surface area contributed by atoms with E-state index in [1.807, 2.05) is 31.2 Å². The van der Waals surface area contributed by atoms with Crippen LogP contribution in [-0.2, 0) is 13.0 Å². The number of nitrogens with one attached hydrogen (secondary N) is 2. The van der Waals surface area contributed by atoms with Crippen LogP contribution in [-0.4, -0.2) is 26.2 Å². The van der Waals surface area contributed by atoms with Crippen LogP contribution in [0.25, 0.3) is 0 Å². The monoisotopic (exact) mass is 457 g/mol. The van der Waals surface area contributed by atoms with Crippen LogP contribution in [0.1, 0.15) is 18.1 Å². The molecule has 2 aromatic carbocycles. The van der Waals surface area contributed by atoms with Crippen molar-refractivity contribution in [3.63, 3.8) is 0 Å². The van der Waals surface area contributed by atoms with Gasteiger partial charge in [-0.25, -0.2) is 9.38 Å². The number of aliphatic imine (C=N–C) groups is 1. The number of benzene rings is 2. The molecule has 0 radical (unpaired) electrons. The van der Waals surface area contributed by atoms with E-state index in [0.717, 1.165) is 42.3 Å². The average molecular weight is 457 g/mol. The molecule has 0 amide bonds. The topological polar surface area (TPSA) is 45.7 Å². The lowest BCUT2D eigenvalue weighted by molar-refractivity contribution is 0.410. The number of rotatable bonds is 7. The minimum absolute atomic E-state index is 0. The van der Waals surface area contributed by atoms with Gasteiger partial charge in [0.1, 0.15) is 11.6 Å². The van der Waals surface area contributed by atoms with Gasteiger partial charge in [0.2, 0.25) is 0 Å². The van der Waals surface area contributed by atoms with Crippen molar-refractivity contribution in [3.05, 3.63) is 65.5 Å². The van der Waals surface area contributed by atoms with Gasteiger partial charge in [-0.15, -0.1) is 24.0 Å². The summed E-state index contributed by atoms with van der Waals surface area (Å²) in [6.07, 6.45) is 0.805. The van der Waals surface area contributed by atoms with Gasteiger partial charge >= 0.3 is 0 Å². The normalized spacial score (nSPS) is 10.8. The van der Waals surface area contributed by atoms with Gasteiger partial charge < -0.3 is 15.4 Å². The van der Waals surface area contributed by atoms with Gasteiger partial charge in [-0.2, -0.15) is 0 Å². The van der Waals surface area contributed by atoms with E-state index in [2.05, 4.69) is 15.6 Å². The standard InChI is InChI=1S/C19H24FN3O.HI/c1-3-21-19(22-13-12-15-8-10-17(20)11-9-15)23-14-16-6-4-5-7-18(16)24-2;/h4-11H,3,12-14H2,1-2H3,(H2,21,22,23);1H. The second kappa shape index (κ2) is 11.7. The van der Waals surface area contributed by atoms with Crippen LogP contribution >= 0.6 is 24.0 Å². The van der Waals surface area contributed by atoms with Crippen molar-refractivity contribution >= 4 is 29.9 Å². The Labute approximate surface area is 165 Å². The second-order valence-electron chi connectivity index (χ2n) is 5.31. The van der Waals surface area contributed by atoms with E-state index in [9.17, 15) is 4.39 Å². The maximum atomic E-state index is 12.9. The Morgan fingerprint density at radius 2 is 1.80 bits per heavy atom. The zero-order valence-corrected chi connectivity index (χ0v) is 16.9. The van der Waals surface area contributed by atoms with E-state index in [1.165, 1.54) is 12.1 Å². The molecular weight excluding hydrogens is 432 g/mol. The van der Waals surface area contributed by atoms with Crippen LogP contribution in [0, 0.1) is 5.82 Å². The molecule has 6 heteroatoms. The van der Waals surface area contributed by atoms with Crippen LogP contribution < -0.4 is 15.4 Å². The van der Waals surface area contributed by atoms with Crippen LogP contribution in [0.5, 0.6) is 5.75 Å². The highest BCUT2D eigenvalue weighted by Gasteiger charge is 2.02. The first-order chi connectivity index (χ1) is 11.7. The highest BCUT2D eigenvalue weighted by Crippen LogP contribution is 2.17. The van der Waals surface area contributed by atoms with Crippen LogP contribution in [0.15, 0.2) is 53.5 Å². The van der Waals surface area contributed by atoms with Crippen molar-refractivity contribution in [3.8, 4) is 5.75 Å².